The molecule has 1 heteroatoms. The Kier molecular flexibility index (Phi) is 9.02. The van der Waals surface area contributed by atoms with Crippen LogP contribution in [0.2, 0.25) is 0 Å². The molecule has 0 aromatic carbocycles. The Balaban J connectivity index is 3.04. The summed E-state index contributed by atoms with van der Waals surface area (Å²) in [5.41, 5.74) is 0. The Morgan fingerprint density at radius 1 is 1.08 bits per heavy atom. The lowest BCUT2D eigenvalue weighted by molar-refractivity contribution is 0.0737. The summed E-state index contributed by atoms with van der Waals surface area (Å²) < 4.78 is 5.52. The minimum atomic E-state index is 0.225. The van der Waals surface area contributed by atoms with Crippen molar-refractivity contribution in [3.8, 4) is 0 Å². The molecule has 0 aliphatic heterocycles. The zero-order valence-electron chi connectivity index (χ0n) is 8.64. The van der Waals surface area contributed by atoms with Crippen molar-refractivity contribution in [3.63, 3.8) is 0 Å². The molecule has 0 fully saturated rings. The Morgan fingerprint density at radius 2 is 1.75 bits per heavy atom. The molecule has 0 bridgehead atoms. The monoisotopic (exact) mass is 171 g/mol. The quantitative estimate of drug-likeness (QED) is 0.507. The Hall–Kier alpha value is -0.0400. The first-order valence-electron chi connectivity index (χ1n) is 5.26. The largest absolute Gasteiger partial charge is 0.378 e. The van der Waals surface area contributed by atoms with E-state index in [1.165, 1.54) is 32.1 Å². The predicted octanol–water partition coefficient (Wildman–Crippen LogP) is 3.59. The summed E-state index contributed by atoms with van der Waals surface area (Å²) in [6.45, 7) is 9.24. The van der Waals surface area contributed by atoms with Crippen molar-refractivity contribution in [1.82, 2.24) is 0 Å². The van der Waals surface area contributed by atoms with Gasteiger partial charge in [0.25, 0.3) is 0 Å². The van der Waals surface area contributed by atoms with Gasteiger partial charge in [0.1, 0.15) is 0 Å². The lowest BCUT2D eigenvalue weighted by Crippen LogP contribution is -2.09. The second kappa shape index (κ2) is 9.05. The molecule has 0 aromatic rings. The third-order valence-electron chi connectivity index (χ3n) is 1.98. The van der Waals surface area contributed by atoms with E-state index in [-0.39, 0.29) is 6.10 Å². The molecule has 1 atom stereocenters. The van der Waals surface area contributed by atoms with E-state index in [9.17, 15) is 0 Å². The SMILES string of the molecule is [CH2]C(CCCCC)OCCCC. The molecule has 1 nitrogen and oxygen atoms in total. The molecule has 0 heterocycles. The smallest absolute Gasteiger partial charge is 0.0576 e. The highest BCUT2D eigenvalue weighted by molar-refractivity contribution is 4.59. The maximum absolute atomic E-state index is 5.52. The molecule has 0 saturated carbocycles. The van der Waals surface area contributed by atoms with Crippen LogP contribution in [0.4, 0.5) is 0 Å². The van der Waals surface area contributed by atoms with E-state index in [2.05, 4.69) is 20.8 Å². The van der Waals surface area contributed by atoms with Crippen LogP contribution in [0.1, 0.15) is 52.4 Å². The first-order valence-corrected chi connectivity index (χ1v) is 5.26. The Morgan fingerprint density at radius 3 is 2.33 bits per heavy atom. The van der Waals surface area contributed by atoms with E-state index in [0.717, 1.165) is 13.0 Å². The van der Waals surface area contributed by atoms with Gasteiger partial charge in [-0.15, -0.1) is 0 Å². The third-order valence-corrected chi connectivity index (χ3v) is 1.98. The van der Waals surface area contributed by atoms with Gasteiger partial charge in [0.05, 0.1) is 6.10 Å². The van der Waals surface area contributed by atoms with Gasteiger partial charge in [0, 0.05) is 6.61 Å². The molecule has 0 amide bonds. The zero-order valence-corrected chi connectivity index (χ0v) is 8.64. The van der Waals surface area contributed by atoms with Crippen molar-refractivity contribution in [2.45, 2.75) is 58.5 Å². The van der Waals surface area contributed by atoms with Crippen molar-refractivity contribution in [2.24, 2.45) is 0 Å². The average Bonchev–Trinajstić information content (AvgIpc) is 2.06. The maximum atomic E-state index is 5.52. The molecule has 0 saturated heterocycles. The highest BCUT2D eigenvalue weighted by Crippen LogP contribution is 2.06. The molecule has 0 aliphatic rings. The summed E-state index contributed by atoms with van der Waals surface area (Å²) in [6.07, 6.45) is 7.57. The summed E-state index contributed by atoms with van der Waals surface area (Å²) in [6, 6.07) is 0. The van der Waals surface area contributed by atoms with Gasteiger partial charge in [-0.05, 0) is 19.8 Å². The fourth-order valence-corrected chi connectivity index (χ4v) is 1.10. The van der Waals surface area contributed by atoms with E-state index >= 15 is 0 Å². The van der Waals surface area contributed by atoms with Crippen LogP contribution in [0.5, 0.6) is 0 Å². The Bertz CT molecular complexity index is 71.1. The predicted molar refractivity (Wildman–Crippen MR) is 54.1 cm³/mol. The molecule has 0 spiro atoms. The van der Waals surface area contributed by atoms with E-state index in [0.29, 0.717) is 0 Å². The van der Waals surface area contributed by atoms with E-state index in [4.69, 9.17) is 4.74 Å². The maximum Gasteiger partial charge on any atom is 0.0576 e. The highest BCUT2D eigenvalue weighted by Gasteiger charge is 2.00. The lowest BCUT2D eigenvalue weighted by atomic mass is 10.1. The van der Waals surface area contributed by atoms with E-state index in [1.807, 2.05) is 0 Å². The third kappa shape index (κ3) is 8.06. The van der Waals surface area contributed by atoms with Gasteiger partial charge in [-0.25, -0.2) is 0 Å². The molecule has 12 heavy (non-hydrogen) atoms. The summed E-state index contributed by atoms with van der Waals surface area (Å²) in [4.78, 5) is 0. The molecule has 73 valence electrons. The van der Waals surface area contributed by atoms with Crippen molar-refractivity contribution in [2.75, 3.05) is 6.61 Å². The van der Waals surface area contributed by atoms with Gasteiger partial charge in [-0.2, -0.15) is 0 Å². The molecule has 0 aromatic heterocycles. The molecule has 1 unspecified atom stereocenters. The minimum absolute atomic E-state index is 0.225. The van der Waals surface area contributed by atoms with Gasteiger partial charge < -0.3 is 4.74 Å². The van der Waals surface area contributed by atoms with Crippen LogP contribution in [0.25, 0.3) is 0 Å². The molecule has 0 rings (SSSR count). The first-order chi connectivity index (χ1) is 5.81. The molecule has 0 N–H and O–H groups in total. The highest BCUT2D eigenvalue weighted by atomic mass is 16.5. The van der Waals surface area contributed by atoms with Crippen LogP contribution in [-0.4, -0.2) is 12.7 Å². The van der Waals surface area contributed by atoms with Crippen LogP contribution >= 0.6 is 0 Å². The average molecular weight is 171 g/mol. The molecule has 1 radical (unpaired) electrons. The number of ether oxygens (including phenoxy) is 1. The zero-order chi connectivity index (χ0) is 9.23. The van der Waals surface area contributed by atoms with Crippen molar-refractivity contribution in [3.05, 3.63) is 6.92 Å². The molecular formula is C11H23O. The molecule has 0 aliphatic carbocycles. The topological polar surface area (TPSA) is 9.23 Å². The van der Waals surface area contributed by atoms with Crippen molar-refractivity contribution >= 4 is 0 Å². The summed E-state index contributed by atoms with van der Waals surface area (Å²) >= 11 is 0. The van der Waals surface area contributed by atoms with Gasteiger partial charge in [-0.3, -0.25) is 0 Å². The fourth-order valence-electron chi connectivity index (χ4n) is 1.10. The van der Waals surface area contributed by atoms with Crippen LogP contribution in [0.3, 0.4) is 0 Å². The normalized spacial score (nSPS) is 13.2. The number of rotatable bonds is 8. The van der Waals surface area contributed by atoms with Gasteiger partial charge in [0.15, 0.2) is 0 Å². The van der Waals surface area contributed by atoms with Crippen LogP contribution in [-0.2, 0) is 4.74 Å². The van der Waals surface area contributed by atoms with Crippen LogP contribution in [0, 0.1) is 6.92 Å². The van der Waals surface area contributed by atoms with Crippen LogP contribution < -0.4 is 0 Å². The van der Waals surface area contributed by atoms with Gasteiger partial charge in [0.2, 0.25) is 0 Å². The number of hydrogen-bond acceptors (Lipinski definition) is 1. The second-order valence-electron chi connectivity index (χ2n) is 3.34. The number of hydrogen-bond donors (Lipinski definition) is 0. The first kappa shape index (κ1) is 12.0. The number of unbranched alkanes of at least 4 members (excludes halogenated alkanes) is 3. The van der Waals surface area contributed by atoms with Gasteiger partial charge >= 0.3 is 0 Å². The Labute approximate surface area is 77.5 Å². The summed E-state index contributed by atoms with van der Waals surface area (Å²) in [7, 11) is 0. The second-order valence-corrected chi connectivity index (χ2v) is 3.34. The van der Waals surface area contributed by atoms with Crippen LogP contribution in [0.15, 0.2) is 0 Å². The summed E-state index contributed by atoms with van der Waals surface area (Å²) in [5.74, 6) is 0. The van der Waals surface area contributed by atoms with E-state index < -0.39 is 0 Å². The molecular weight excluding hydrogens is 148 g/mol. The standard InChI is InChI=1S/C11H23O/c1-4-6-8-9-11(3)12-10-7-5-2/h11H,3-10H2,1-2H3. The lowest BCUT2D eigenvalue weighted by Gasteiger charge is -2.11. The minimum Gasteiger partial charge on any atom is -0.378 e. The van der Waals surface area contributed by atoms with E-state index in [1.54, 1.807) is 0 Å². The van der Waals surface area contributed by atoms with Crippen molar-refractivity contribution < 1.29 is 4.74 Å². The summed E-state index contributed by atoms with van der Waals surface area (Å²) in [5, 5.41) is 0. The van der Waals surface area contributed by atoms with Crippen molar-refractivity contribution in [1.29, 1.82) is 0 Å². The fraction of sp³-hybridized carbons (Fsp3) is 0.909. The van der Waals surface area contributed by atoms with Gasteiger partial charge in [-0.1, -0.05) is 39.5 Å².